The number of ether oxygens (including phenoxy) is 1. The minimum Gasteiger partial charge on any atom is -0.444 e. The van der Waals surface area contributed by atoms with Crippen LogP contribution in [0.25, 0.3) is 0 Å². The Morgan fingerprint density at radius 3 is 2.67 bits per heavy atom. The van der Waals surface area contributed by atoms with Gasteiger partial charge in [-0.3, -0.25) is 0 Å². The number of carbonyl (C=O) groups excluding carboxylic acids is 1. The van der Waals surface area contributed by atoms with Crippen LogP contribution in [0.5, 0.6) is 0 Å². The summed E-state index contributed by atoms with van der Waals surface area (Å²) in [6, 6.07) is 3.65. The van der Waals surface area contributed by atoms with Crippen LogP contribution in [0.3, 0.4) is 0 Å². The summed E-state index contributed by atoms with van der Waals surface area (Å²) in [5, 5.41) is 10.5. The van der Waals surface area contributed by atoms with Gasteiger partial charge >= 0.3 is 6.09 Å². The van der Waals surface area contributed by atoms with Crippen LogP contribution in [0.1, 0.15) is 32.8 Å². The molecule has 1 atom stereocenters. The molecule has 0 aliphatic carbocycles. The van der Waals surface area contributed by atoms with Crippen molar-refractivity contribution in [3.05, 3.63) is 35.4 Å². The highest BCUT2D eigenvalue weighted by Crippen LogP contribution is 2.34. The second kappa shape index (κ2) is 5.26. The number of benzene rings is 1. The molecule has 1 N–H and O–H groups in total. The third kappa shape index (κ3) is 3.32. The summed E-state index contributed by atoms with van der Waals surface area (Å²) < 4.78 is 32.3. The smallest absolute Gasteiger partial charge is 0.410 e. The van der Waals surface area contributed by atoms with Gasteiger partial charge in [-0.15, -0.1) is 0 Å². The molecule has 0 saturated carbocycles. The van der Waals surface area contributed by atoms with Gasteiger partial charge in [-0.05, 0) is 33.3 Å². The van der Waals surface area contributed by atoms with E-state index in [2.05, 4.69) is 0 Å². The van der Waals surface area contributed by atoms with Crippen molar-refractivity contribution in [3.8, 4) is 0 Å². The standard InChI is InChI=1S/C15H19F2NO3/c1-14(2,3)21-13(19)18-8-7-15(20,9-18)10-5-4-6-11(16)12(10)17/h4-6,20H,7-9H2,1-3H3. The molecule has 4 nitrogen and oxygen atoms in total. The predicted molar refractivity (Wildman–Crippen MR) is 72.7 cm³/mol. The molecule has 0 aromatic heterocycles. The Bertz CT molecular complexity index is 556. The van der Waals surface area contributed by atoms with Gasteiger partial charge in [0.05, 0.1) is 6.54 Å². The lowest BCUT2D eigenvalue weighted by Gasteiger charge is -2.26. The number of nitrogens with zero attached hydrogens (tertiary/aromatic N) is 1. The second-order valence-corrected chi connectivity index (χ2v) is 6.28. The number of carbonyl (C=O) groups is 1. The number of rotatable bonds is 1. The maximum atomic E-state index is 13.8. The average molecular weight is 299 g/mol. The number of amides is 1. The van der Waals surface area contributed by atoms with Crippen molar-refractivity contribution in [3.63, 3.8) is 0 Å². The van der Waals surface area contributed by atoms with Gasteiger partial charge in [0.2, 0.25) is 0 Å². The lowest BCUT2D eigenvalue weighted by molar-refractivity contribution is 0.0127. The van der Waals surface area contributed by atoms with Gasteiger partial charge < -0.3 is 14.7 Å². The Kier molecular flexibility index (Phi) is 3.93. The van der Waals surface area contributed by atoms with Gasteiger partial charge in [-0.2, -0.15) is 0 Å². The van der Waals surface area contributed by atoms with Crippen LogP contribution in [0, 0.1) is 11.6 Å². The quantitative estimate of drug-likeness (QED) is 0.867. The summed E-state index contributed by atoms with van der Waals surface area (Å²) >= 11 is 0. The van der Waals surface area contributed by atoms with Crippen LogP contribution in [0.15, 0.2) is 18.2 Å². The molecule has 6 heteroatoms. The van der Waals surface area contributed by atoms with E-state index in [4.69, 9.17) is 4.74 Å². The van der Waals surface area contributed by atoms with Gasteiger partial charge in [0, 0.05) is 12.1 Å². The Morgan fingerprint density at radius 1 is 1.38 bits per heavy atom. The maximum absolute atomic E-state index is 13.8. The molecular weight excluding hydrogens is 280 g/mol. The van der Waals surface area contributed by atoms with Gasteiger partial charge in [0.15, 0.2) is 11.6 Å². The van der Waals surface area contributed by atoms with Crippen molar-refractivity contribution in [2.75, 3.05) is 13.1 Å². The molecule has 1 unspecified atom stereocenters. The molecule has 0 radical (unpaired) electrons. The van der Waals surface area contributed by atoms with E-state index >= 15 is 0 Å². The summed E-state index contributed by atoms with van der Waals surface area (Å²) in [5.74, 6) is -2.09. The van der Waals surface area contributed by atoms with Crippen LogP contribution >= 0.6 is 0 Å². The van der Waals surface area contributed by atoms with Crippen molar-refractivity contribution in [1.82, 2.24) is 4.90 Å². The molecule has 1 aliphatic heterocycles. The summed E-state index contributed by atoms with van der Waals surface area (Å²) in [4.78, 5) is 13.3. The largest absolute Gasteiger partial charge is 0.444 e. The van der Waals surface area contributed by atoms with Crippen molar-refractivity contribution in [2.45, 2.75) is 38.4 Å². The minimum atomic E-state index is -1.59. The molecule has 1 aliphatic rings. The SMILES string of the molecule is CC(C)(C)OC(=O)N1CCC(O)(c2cccc(F)c2F)C1. The highest BCUT2D eigenvalue weighted by Gasteiger charge is 2.43. The summed E-state index contributed by atoms with van der Waals surface area (Å²) in [6.45, 7) is 5.31. The van der Waals surface area contributed by atoms with Crippen LogP contribution in [0.4, 0.5) is 13.6 Å². The van der Waals surface area contributed by atoms with E-state index in [1.165, 1.54) is 17.0 Å². The fourth-order valence-corrected chi connectivity index (χ4v) is 2.36. The first-order valence-corrected chi connectivity index (χ1v) is 6.77. The topological polar surface area (TPSA) is 49.8 Å². The number of β-amino-alcohol motifs (C(OH)–C–C–N with tert-alkyl or cyclic N) is 1. The summed E-state index contributed by atoms with van der Waals surface area (Å²) in [6.07, 6.45) is -0.442. The number of likely N-dealkylation sites (tertiary alicyclic amines) is 1. The zero-order chi connectivity index (χ0) is 15.8. The van der Waals surface area contributed by atoms with E-state index in [9.17, 15) is 18.7 Å². The zero-order valence-corrected chi connectivity index (χ0v) is 12.3. The van der Waals surface area contributed by atoms with E-state index < -0.39 is 28.9 Å². The molecule has 2 rings (SSSR count). The van der Waals surface area contributed by atoms with E-state index in [1.807, 2.05) is 0 Å². The molecule has 21 heavy (non-hydrogen) atoms. The molecule has 0 spiro atoms. The zero-order valence-electron chi connectivity index (χ0n) is 12.3. The van der Waals surface area contributed by atoms with E-state index in [0.717, 1.165) is 6.07 Å². The van der Waals surface area contributed by atoms with Crippen LogP contribution < -0.4 is 0 Å². The Morgan fingerprint density at radius 2 is 2.05 bits per heavy atom. The van der Waals surface area contributed by atoms with E-state index in [0.29, 0.717) is 0 Å². The number of aliphatic hydroxyl groups is 1. The fraction of sp³-hybridized carbons (Fsp3) is 0.533. The van der Waals surface area contributed by atoms with E-state index in [-0.39, 0.29) is 25.1 Å². The number of halogens is 2. The Balaban J connectivity index is 2.17. The van der Waals surface area contributed by atoms with Crippen LogP contribution in [-0.4, -0.2) is 34.8 Å². The number of hydrogen-bond acceptors (Lipinski definition) is 3. The third-order valence-corrected chi connectivity index (χ3v) is 3.35. The van der Waals surface area contributed by atoms with Gasteiger partial charge in [-0.25, -0.2) is 13.6 Å². The fourth-order valence-electron chi connectivity index (χ4n) is 2.36. The first-order valence-electron chi connectivity index (χ1n) is 6.77. The Labute approximate surface area is 122 Å². The Hall–Kier alpha value is -1.69. The highest BCUT2D eigenvalue weighted by molar-refractivity contribution is 5.68. The van der Waals surface area contributed by atoms with Crippen molar-refractivity contribution in [2.24, 2.45) is 0 Å². The lowest BCUT2D eigenvalue weighted by Crippen LogP contribution is -2.38. The molecule has 116 valence electrons. The molecule has 1 aromatic carbocycles. The van der Waals surface area contributed by atoms with Gasteiger partial charge in [0.1, 0.15) is 11.2 Å². The maximum Gasteiger partial charge on any atom is 0.410 e. The minimum absolute atomic E-state index is 0.123. The first-order chi connectivity index (χ1) is 9.62. The third-order valence-electron chi connectivity index (χ3n) is 3.35. The lowest BCUT2D eigenvalue weighted by atomic mass is 9.92. The summed E-state index contributed by atoms with van der Waals surface area (Å²) in [5.41, 5.74) is -2.38. The van der Waals surface area contributed by atoms with Crippen molar-refractivity contribution < 1.29 is 23.4 Å². The molecule has 1 heterocycles. The van der Waals surface area contributed by atoms with Crippen molar-refractivity contribution >= 4 is 6.09 Å². The first kappa shape index (κ1) is 15.7. The van der Waals surface area contributed by atoms with Crippen molar-refractivity contribution in [1.29, 1.82) is 0 Å². The molecular formula is C15H19F2NO3. The normalized spacial score (nSPS) is 22.5. The predicted octanol–water partition coefficient (Wildman–Crippen LogP) is 2.79. The molecule has 1 amide bonds. The van der Waals surface area contributed by atoms with Gasteiger partial charge in [-0.1, -0.05) is 12.1 Å². The molecule has 1 aromatic rings. The highest BCUT2D eigenvalue weighted by atomic mass is 19.2. The van der Waals surface area contributed by atoms with E-state index in [1.54, 1.807) is 20.8 Å². The van der Waals surface area contributed by atoms with Crippen LogP contribution in [-0.2, 0) is 10.3 Å². The monoisotopic (exact) mass is 299 g/mol. The summed E-state index contributed by atoms with van der Waals surface area (Å²) in [7, 11) is 0. The molecule has 0 bridgehead atoms. The second-order valence-electron chi connectivity index (χ2n) is 6.28. The molecule has 1 fully saturated rings. The number of hydrogen-bond donors (Lipinski definition) is 1. The molecule has 1 saturated heterocycles. The van der Waals surface area contributed by atoms with Crippen LogP contribution in [0.2, 0.25) is 0 Å². The van der Waals surface area contributed by atoms with Gasteiger partial charge in [0.25, 0.3) is 0 Å². The average Bonchev–Trinajstić information content (AvgIpc) is 2.74.